The van der Waals surface area contributed by atoms with Crippen LogP contribution in [-0.2, 0) is 21.2 Å². The van der Waals surface area contributed by atoms with E-state index in [1.807, 2.05) is 32.0 Å². The van der Waals surface area contributed by atoms with E-state index < -0.39 is 15.9 Å². The monoisotopic (exact) mass is 390 g/mol. The van der Waals surface area contributed by atoms with Gasteiger partial charge in [-0.3, -0.25) is 9.10 Å². The summed E-state index contributed by atoms with van der Waals surface area (Å²) in [5.41, 5.74) is 2.11. The lowest BCUT2D eigenvalue weighted by atomic mass is 10.1. The fourth-order valence-electron chi connectivity index (χ4n) is 2.60. The molecular formula is C20H26N2O4S. The minimum atomic E-state index is -3.62. The summed E-state index contributed by atoms with van der Waals surface area (Å²) in [7, 11) is -3.62. The molecule has 0 heterocycles. The Morgan fingerprint density at radius 3 is 2.33 bits per heavy atom. The zero-order chi connectivity index (χ0) is 19.9. The number of anilines is 2. The molecule has 7 heteroatoms. The third-order valence-electron chi connectivity index (χ3n) is 3.96. The molecule has 6 nitrogen and oxygen atoms in total. The minimum Gasteiger partial charge on any atom is -0.494 e. The molecule has 0 fully saturated rings. The van der Waals surface area contributed by atoms with Gasteiger partial charge in [-0.2, -0.15) is 0 Å². The van der Waals surface area contributed by atoms with E-state index in [-0.39, 0.29) is 6.54 Å². The van der Waals surface area contributed by atoms with Gasteiger partial charge < -0.3 is 10.1 Å². The molecule has 0 radical (unpaired) electrons. The number of hydrogen-bond acceptors (Lipinski definition) is 4. The number of rotatable bonds is 9. The van der Waals surface area contributed by atoms with Gasteiger partial charge in [0.15, 0.2) is 0 Å². The smallest absolute Gasteiger partial charge is 0.245 e. The van der Waals surface area contributed by atoms with Crippen molar-refractivity contribution < 1.29 is 17.9 Å². The second kappa shape index (κ2) is 9.41. The molecule has 0 bridgehead atoms. The second-order valence-corrected chi connectivity index (χ2v) is 8.08. The lowest BCUT2D eigenvalue weighted by Crippen LogP contribution is -2.37. The number of para-hydroxylation sites is 1. The molecule has 2 aromatic rings. The van der Waals surface area contributed by atoms with E-state index in [0.29, 0.717) is 23.7 Å². The van der Waals surface area contributed by atoms with Crippen molar-refractivity contribution in [2.75, 3.05) is 29.0 Å². The van der Waals surface area contributed by atoms with Crippen LogP contribution in [0, 0.1) is 0 Å². The molecule has 0 spiro atoms. The molecule has 0 aliphatic rings. The van der Waals surface area contributed by atoms with Gasteiger partial charge in [-0.1, -0.05) is 32.0 Å². The molecular weight excluding hydrogens is 364 g/mol. The van der Waals surface area contributed by atoms with E-state index in [0.717, 1.165) is 29.0 Å². The van der Waals surface area contributed by atoms with E-state index in [4.69, 9.17) is 4.74 Å². The molecule has 1 amide bonds. The second-order valence-electron chi connectivity index (χ2n) is 6.17. The molecule has 0 aliphatic carbocycles. The van der Waals surface area contributed by atoms with Crippen molar-refractivity contribution >= 4 is 27.3 Å². The van der Waals surface area contributed by atoms with Gasteiger partial charge in [-0.05, 0) is 48.7 Å². The van der Waals surface area contributed by atoms with Crippen LogP contribution in [0.5, 0.6) is 5.75 Å². The maximum absolute atomic E-state index is 12.5. The van der Waals surface area contributed by atoms with Gasteiger partial charge in [0.05, 0.1) is 18.6 Å². The lowest BCUT2D eigenvalue weighted by Gasteiger charge is -2.22. The molecule has 0 aromatic heterocycles. The molecule has 1 N–H and O–H groups in total. The van der Waals surface area contributed by atoms with E-state index in [1.165, 1.54) is 0 Å². The minimum absolute atomic E-state index is 0.300. The van der Waals surface area contributed by atoms with Gasteiger partial charge in [0.25, 0.3) is 0 Å². The molecule has 146 valence electrons. The topological polar surface area (TPSA) is 75.7 Å². The van der Waals surface area contributed by atoms with E-state index in [9.17, 15) is 13.2 Å². The van der Waals surface area contributed by atoms with Crippen molar-refractivity contribution in [2.45, 2.75) is 26.7 Å². The Balaban J connectivity index is 2.16. The fourth-order valence-corrected chi connectivity index (χ4v) is 3.46. The summed E-state index contributed by atoms with van der Waals surface area (Å²) < 4.78 is 31.0. The van der Waals surface area contributed by atoms with Crippen LogP contribution in [0.4, 0.5) is 11.4 Å². The standard InChI is InChI=1S/C20H26N2O4S/c1-4-14-26-18-12-10-17(11-13-18)22(27(3,24)25)15-20(23)21-19-9-7-6-8-16(19)5-2/h6-13H,4-5,14-15H2,1-3H3,(H,21,23). The maximum atomic E-state index is 12.5. The number of sulfonamides is 1. The number of carbonyl (C=O) groups is 1. The highest BCUT2D eigenvalue weighted by Crippen LogP contribution is 2.22. The van der Waals surface area contributed by atoms with Crippen molar-refractivity contribution in [1.29, 1.82) is 0 Å². The summed E-state index contributed by atoms with van der Waals surface area (Å²) in [5, 5.41) is 2.80. The van der Waals surface area contributed by atoms with Crippen LogP contribution in [0.2, 0.25) is 0 Å². The van der Waals surface area contributed by atoms with Crippen LogP contribution in [0.15, 0.2) is 48.5 Å². The molecule has 0 saturated carbocycles. The SMILES string of the molecule is CCCOc1ccc(N(CC(=O)Nc2ccccc2CC)S(C)(=O)=O)cc1. The lowest BCUT2D eigenvalue weighted by molar-refractivity contribution is -0.114. The fraction of sp³-hybridized carbons (Fsp3) is 0.350. The third-order valence-corrected chi connectivity index (χ3v) is 5.10. The van der Waals surface area contributed by atoms with Gasteiger partial charge in [0.1, 0.15) is 12.3 Å². The molecule has 0 aliphatic heterocycles. The first-order valence-corrected chi connectivity index (χ1v) is 10.8. The first-order valence-electron chi connectivity index (χ1n) is 8.93. The summed E-state index contributed by atoms with van der Waals surface area (Å²) in [4.78, 5) is 12.5. The zero-order valence-corrected chi connectivity index (χ0v) is 16.8. The molecule has 0 atom stereocenters. The van der Waals surface area contributed by atoms with E-state index >= 15 is 0 Å². The summed E-state index contributed by atoms with van der Waals surface area (Å²) in [6, 6.07) is 14.2. The quantitative estimate of drug-likeness (QED) is 0.712. The first kappa shape index (κ1) is 20.8. The normalized spacial score (nSPS) is 11.1. The maximum Gasteiger partial charge on any atom is 0.245 e. The van der Waals surface area contributed by atoms with Crippen molar-refractivity contribution in [2.24, 2.45) is 0 Å². The van der Waals surface area contributed by atoms with Crippen LogP contribution >= 0.6 is 0 Å². The van der Waals surface area contributed by atoms with Gasteiger partial charge in [-0.25, -0.2) is 8.42 Å². The summed E-state index contributed by atoms with van der Waals surface area (Å²) in [5.74, 6) is 0.267. The highest BCUT2D eigenvalue weighted by Gasteiger charge is 2.21. The van der Waals surface area contributed by atoms with Crippen molar-refractivity contribution in [3.05, 3.63) is 54.1 Å². The van der Waals surface area contributed by atoms with Gasteiger partial charge in [0.2, 0.25) is 15.9 Å². The van der Waals surface area contributed by atoms with E-state index in [2.05, 4.69) is 5.32 Å². The average Bonchev–Trinajstić information content (AvgIpc) is 2.64. The Morgan fingerprint density at radius 1 is 1.07 bits per heavy atom. The summed E-state index contributed by atoms with van der Waals surface area (Å²) >= 11 is 0. The van der Waals surface area contributed by atoms with E-state index in [1.54, 1.807) is 30.3 Å². The summed E-state index contributed by atoms with van der Waals surface area (Å²) in [6.45, 7) is 4.30. The number of nitrogens with one attached hydrogen (secondary N) is 1. The number of aryl methyl sites for hydroxylation is 1. The van der Waals surface area contributed by atoms with Crippen molar-refractivity contribution in [1.82, 2.24) is 0 Å². The van der Waals surface area contributed by atoms with Crippen LogP contribution < -0.4 is 14.4 Å². The molecule has 2 rings (SSSR count). The number of nitrogens with zero attached hydrogens (tertiary/aromatic N) is 1. The Kier molecular flexibility index (Phi) is 7.24. The first-order chi connectivity index (χ1) is 12.8. The van der Waals surface area contributed by atoms with Gasteiger partial charge in [-0.15, -0.1) is 0 Å². The largest absolute Gasteiger partial charge is 0.494 e. The Labute approximate surface area is 161 Å². The molecule has 27 heavy (non-hydrogen) atoms. The summed E-state index contributed by atoms with van der Waals surface area (Å²) in [6.07, 6.45) is 2.74. The van der Waals surface area contributed by atoms with Gasteiger partial charge >= 0.3 is 0 Å². The average molecular weight is 391 g/mol. The molecule has 0 saturated heterocycles. The van der Waals surface area contributed by atoms with Crippen LogP contribution in [0.25, 0.3) is 0 Å². The number of hydrogen-bond donors (Lipinski definition) is 1. The third kappa shape index (κ3) is 5.99. The molecule has 2 aromatic carbocycles. The number of amides is 1. The Bertz CT molecular complexity index is 864. The predicted octanol–water partition coefficient (Wildman–Crippen LogP) is 3.44. The van der Waals surface area contributed by atoms with Crippen LogP contribution in [-0.4, -0.2) is 33.7 Å². The van der Waals surface area contributed by atoms with Crippen LogP contribution in [0.3, 0.4) is 0 Å². The Hall–Kier alpha value is -2.54. The zero-order valence-electron chi connectivity index (χ0n) is 15.9. The van der Waals surface area contributed by atoms with Crippen LogP contribution in [0.1, 0.15) is 25.8 Å². The highest BCUT2D eigenvalue weighted by molar-refractivity contribution is 7.92. The number of ether oxygens (including phenoxy) is 1. The molecule has 0 unspecified atom stereocenters. The predicted molar refractivity (Wildman–Crippen MR) is 109 cm³/mol. The Morgan fingerprint density at radius 2 is 1.74 bits per heavy atom. The number of carbonyl (C=O) groups excluding carboxylic acids is 1. The van der Waals surface area contributed by atoms with Gasteiger partial charge in [0, 0.05) is 5.69 Å². The van der Waals surface area contributed by atoms with Crippen molar-refractivity contribution in [3.8, 4) is 5.75 Å². The highest BCUT2D eigenvalue weighted by atomic mass is 32.2. The van der Waals surface area contributed by atoms with Crippen molar-refractivity contribution in [3.63, 3.8) is 0 Å². The number of benzene rings is 2.